The number of thioether (sulfide) groups is 1. The predicted octanol–water partition coefficient (Wildman–Crippen LogP) is -4.18. The fourth-order valence-corrected chi connectivity index (χ4v) is 0.852. The molecule has 0 aromatic carbocycles. The molecular formula is C5H10NNaO2S. The summed E-state index contributed by atoms with van der Waals surface area (Å²) in [6.07, 6.45) is 2.39. The van der Waals surface area contributed by atoms with Gasteiger partial charge in [0.25, 0.3) is 0 Å². The molecule has 0 rings (SSSR count). The number of rotatable bonds is 4. The first-order chi connectivity index (χ1) is 4.18. The molecule has 2 N–H and O–H groups in total. The summed E-state index contributed by atoms with van der Waals surface area (Å²) in [7, 11) is 0. The zero-order valence-electron chi connectivity index (χ0n) is 6.29. The van der Waals surface area contributed by atoms with Crippen LogP contribution < -0.4 is 40.4 Å². The van der Waals surface area contributed by atoms with Crippen molar-refractivity contribution in [3.63, 3.8) is 0 Å². The third kappa shape index (κ3) is 6.89. The van der Waals surface area contributed by atoms with Gasteiger partial charge in [-0.3, -0.25) is 0 Å². The van der Waals surface area contributed by atoms with Gasteiger partial charge in [0.15, 0.2) is 0 Å². The van der Waals surface area contributed by atoms with Gasteiger partial charge in [0.05, 0.1) is 5.97 Å². The van der Waals surface area contributed by atoms with Crippen LogP contribution >= 0.6 is 11.8 Å². The monoisotopic (exact) mass is 171 g/mol. The maximum atomic E-state index is 9.96. The van der Waals surface area contributed by atoms with Crippen molar-refractivity contribution >= 4 is 17.7 Å². The van der Waals surface area contributed by atoms with Crippen LogP contribution in [0, 0.1) is 0 Å². The third-order valence-corrected chi connectivity index (χ3v) is 1.58. The van der Waals surface area contributed by atoms with Crippen molar-refractivity contribution < 1.29 is 39.5 Å². The molecule has 54 valence electrons. The van der Waals surface area contributed by atoms with Crippen LogP contribution in [0.4, 0.5) is 0 Å². The van der Waals surface area contributed by atoms with Gasteiger partial charge in [0.2, 0.25) is 0 Å². The Hall–Kier alpha value is 0.780. The van der Waals surface area contributed by atoms with Crippen LogP contribution in [0.3, 0.4) is 0 Å². The van der Waals surface area contributed by atoms with E-state index in [1.54, 1.807) is 11.8 Å². The number of nitrogens with two attached hydrogens (primary N) is 1. The van der Waals surface area contributed by atoms with E-state index in [0.717, 1.165) is 5.75 Å². The van der Waals surface area contributed by atoms with Gasteiger partial charge in [-0.2, -0.15) is 11.8 Å². The molecule has 0 heterocycles. The van der Waals surface area contributed by atoms with Gasteiger partial charge in [0.1, 0.15) is 0 Å². The predicted molar refractivity (Wildman–Crippen MR) is 36.0 cm³/mol. The van der Waals surface area contributed by atoms with E-state index in [9.17, 15) is 9.90 Å². The second-order valence-electron chi connectivity index (χ2n) is 1.71. The maximum Gasteiger partial charge on any atom is 1.00 e. The van der Waals surface area contributed by atoms with E-state index in [1.165, 1.54) is 0 Å². The van der Waals surface area contributed by atoms with Crippen molar-refractivity contribution in [2.45, 2.75) is 12.5 Å². The Kier molecular flexibility index (Phi) is 10.5. The average molecular weight is 171 g/mol. The van der Waals surface area contributed by atoms with Crippen LogP contribution in [0.15, 0.2) is 0 Å². The molecular weight excluding hydrogens is 161 g/mol. The molecule has 1 unspecified atom stereocenters. The minimum absolute atomic E-state index is 0. The second kappa shape index (κ2) is 7.88. The standard InChI is InChI=1S/C5H11NO2S.Na/c1-9-3-2-4(6)5(7)8;/h4H,2-3,6H2,1H3,(H,7,8);/q;+1/p-1. The van der Waals surface area contributed by atoms with Gasteiger partial charge in [-0.15, -0.1) is 0 Å². The number of aliphatic carboxylic acids is 1. The molecule has 0 aromatic rings. The molecule has 1 atom stereocenters. The Morgan fingerprint density at radius 2 is 2.30 bits per heavy atom. The zero-order valence-corrected chi connectivity index (χ0v) is 9.11. The number of hydrogen-bond donors (Lipinski definition) is 1. The molecule has 0 fully saturated rings. The Balaban J connectivity index is 0. The van der Waals surface area contributed by atoms with E-state index in [-0.39, 0.29) is 29.6 Å². The van der Waals surface area contributed by atoms with Crippen molar-refractivity contribution in [2.75, 3.05) is 12.0 Å². The van der Waals surface area contributed by atoms with Crippen molar-refractivity contribution in [1.82, 2.24) is 0 Å². The number of carbonyl (C=O) groups is 1. The normalized spacial score (nSPS) is 11.8. The molecule has 0 aliphatic carbocycles. The van der Waals surface area contributed by atoms with Gasteiger partial charge in [-0.1, -0.05) is 0 Å². The summed E-state index contributed by atoms with van der Waals surface area (Å²) in [6.45, 7) is 0. The second-order valence-corrected chi connectivity index (χ2v) is 2.69. The summed E-state index contributed by atoms with van der Waals surface area (Å²) in [5.74, 6) is -0.390. The Labute approximate surface area is 87.0 Å². The zero-order chi connectivity index (χ0) is 7.28. The molecule has 0 aliphatic rings. The molecule has 10 heavy (non-hydrogen) atoms. The Morgan fingerprint density at radius 3 is 2.60 bits per heavy atom. The fourth-order valence-electron chi connectivity index (χ4n) is 0.363. The van der Waals surface area contributed by atoms with Crippen LogP contribution in [-0.2, 0) is 4.79 Å². The Bertz CT molecular complexity index is 102. The van der Waals surface area contributed by atoms with E-state index in [4.69, 9.17) is 5.73 Å². The van der Waals surface area contributed by atoms with Crippen LogP contribution in [0.2, 0.25) is 0 Å². The van der Waals surface area contributed by atoms with E-state index < -0.39 is 12.0 Å². The van der Waals surface area contributed by atoms with Crippen molar-refractivity contribution in [1.29, 1.82) is 0 Å². The van der Waals surface area contributed by atoms with Crippen LogP contribution in [0.5, 0.6) is 0 Å². The summed E-state index contributed by atoms with van der Waals surface area (Å²) in [5.41, 5.74) is 5.13. The van der Waals surface area contributed by atoms with E-state index in [1.807, 2.05) is 6.26 Å². The smallest absolute Gasteiger partial charge is 0.548 e. The maximum absolute atomic E-state index is 9.96. The molecule has 0 bridgehead atoms. The SMILES string of the molecule is CSCCC(N)C(=O)[O-].[Na+]. The largest absolute Gasteiger partial charge is 1.00 e. The van der Waals surface area contributed by atoms with Crippen molar-refractivity contribution in [3.8, 4) is 0 Å². The van der Waals surface area contributed by atoms with Gasteiger partial charge < -0.3 is 15.6 Å². The molecule has 0 radical (unpaired) electrons. The molecule has 0 aromatic heterocycles. The molecule has 5 heteroatoms. The fraction of sp³-hybridized carbons (Fsp3) is 0.800. The minimum Gasteiger partial charge on any atom is -0.548 e. The summed E-state index contributed by atoms with van der Waals surface area (Å²) in [4.78, 5) is 9.96. The average Bonchev–Trinajstić information content (AvgIpc) is 1.82. The molecule has 3 nitrogen and oxygen atoms in total. The van der Waals surface area contributed by atoms with Crippen LogP contribution in [-0.4, -0.2) is 24.0 Å². The van der Waals surface area contributed by atoms with Crippen molar-refractivity contribution in [2.24, 2.45) is 5.73 Å². The first kappa shape index (κ1) is 13.4. The topological polar surface area (TPSA) is 66.2 Å². The van der Waals surface area contributed by atoms with Crippen LogP contribution in [0.1, 0.15) is 6.42 Å². The Morgan fingerprint density at radius 1 is 1.80 bits per heavy atom. The quantitative estimate of drug-likeness (QED) is 0.436. The van der Waals surface area contributed by atoms with Gasteiger partial charge in [-0.05, 0) is 18.4 Å². The van der Waals surface area contributed by atoms with Crippen molar-refractivity contribution in [3.05, 3.63) is 0 Å². The molecule has 0 aliphatic heterocycles. The van der Waals surface area contributed by atoms with Gasteiger partial charge >= 0.3 is 29.6 Å². The van der Waals surface area contributed by atoms with Gasteiger partial charge in [-0.25, -0.2) is 0 Å². The molecule has 0 amide bonds. The summed E-state index contributed by atoms with van der Waals surface area (Å²) in [5, 5.41) is 9.96. The number of carboxylic acids is 1. The number of carbonyl (C=O) groups excluding carboxylic acids is 1. The molecule has 0 saturated carbocycles. The van der Waals surface area contributed by atoms with E-state index in [0.29, 0.717) is 6.42 Å². The molecule has 0 spiro atoms. The summed E-state index contributed by atoms with van der Waals surface area (Å²) < 4.78 is 0. The summed E-state index contributed by atoms with van der Waals surface area (Å²) >= 11 is 1.58. The minimum atomic E-state index is -1.16. The number of carboxylic acid groups (broad SMARTS) is 1. The summed E-state index contributed by atoms with van der Waals surface area (Å²) in [6, 6.07) is -0.794. The van der Waals surface area contributed by atoms with E-state index in [2.05, 4.69) is 0 Å². The first-order valence-electron chi connectivity index (χ1n) is 2.64. The van der Waals surface area contributed by atoms with Crippen LogP contribution in [0.25, 0.3) is 0 Å². The third-order valence-electron chi connectivity index (χ3n) is 0.936. The number of hydrogen-bond acceptors (Lipinski definition) is 4. The first-order valence-corrected chi connectivity index (χ1v) is 4.03. The molecule has 0 saturated heterocycles. The van der Waals surface area contributed by atoms with E-state index >= 15 is 0 Å². The van der Waals surface area contributed by atoms with Gasteiger partial charge in [0, 0.05) is 6.04 Å².